The SMILES string of the molecule is COC[C@H]1O[C@@H](O)[C@H](O[C@@H]2O[C@@H](C)[C@@H](O)[C@@H](O)[C@@H]2O)[C@@H](O[C@H]2O[C@H](CO)[C@H](O)[C@H](O)[C@H]2NC(C)=O)[C@H]1O. The van der Waals surface area contributed by atoms with Crippen LogP contribution < -0.4 is 5.32 Å². The predicted molar refractivity (Wildman–Crippen MR) is 116 cm³/mol. The van der Waals surface area contributed by atoms with Crippen molar-refractivity contribution in [1.29, 1.82) is 0 Å². The number of carbonyl (C=O) groups excluding carboxylic acids is 1. The van der Waals surface area contributed by atoms with Crippen LogP contribution in [-0.4, -0.2) is 159 Å². The van der Waals surface area contributed by atoms with Gasteiger partial charge in [0.25, 0.3) is 0 Å². The molecule has 0 aromatic rings. The third-order valence-electron chi connectivity index (χ3n) is 6.61. The van der Waals surface area contributed by atoms with Crippen LogP contribution in [0.15, 0.2) is 0 Å². The fourth-order valence-corrected chi connectivity index (χ4v) is 4.53. The predicted octanol–water partition coefficient (Wildman–Crippen LogP) is -5.75. The van der Waals surface area contributed by atoms with E-state index in [9.17, 15) is 45.6 Å². The topological polar surface area (TPSA) is 246 Å². The Morgan fingerprint density at radius 1 is 0.784 bits per heavy atom. The van der Waals surface area contributed by atoms with E-state index >= 15 is 0 Å². The van der Waals surface area contributed by atoms with Crippen molar-refractivity contribution in [2.45, 2.75) is 106 Å². The number of hydrogen-bond donors (Lipinski definition) is 9. The third kappa shape index (κ3) is 6.56. The van der Waals surface area contributed by atoms with Gasteiger partial charge < -0.3 is 74.6 Å². The van der Waals surface area contributed by atoms with Crippen LogP contribution in [0.3, 0.4) is 0 Å². The highest BCUT2D eigenvalue weighted by molar-refractivity contribution is 5.73. The molecule has 3 aliphatic rings. The maximum Gasteiger partial charge on any atom is 0.217 e. The molecule has 15 atom stereocenters. The van der Waals surface area contributed by atoms with E-state index in [1.165, 1.54) is 14.0 Å². The maximum atomic E-state index is 11.8. The Bertz CT molecular complexity index is 747. The summed E-state index contributed by atoms with van der Waals surface area (Å²) in [5.74, 6) is -0.617. The minimum absolute atomic E-state index is 0.198. The fourth-order valence-electron chi connectivity index (χ4n) is 4.53. The zero-order chi connectivity index (χ0) is 27.6. The molecule has 3 rings (SSSR count). The van der Waals surface area contributed by atoms with Gasteiger partial charge in [0.15, 0.2) is 18.9 Å². The summed E-state index contributed by atoms with van der Waals surface area (Å²) >= 11 is 0. The molecule has 3 aliphatic heterocycles. The lowest BCUT2D eigenvalue weighted by atomic mass is 9.95. The summed E-state index contributed by atoms with van der Waals surface area (Å²) in [6.45, 7) is 1.63. The van der Waals surface area contributed by atoms with Gasteiger partial charge in [-0.2, -0.15) is 0 Å². The van der Waals surface area contributed by atoms with Crippen LogP contribution in [0.1, 0.15) is 13.8 Å². The molecule has 3 saturated heterocycles. The van der Waals surface area contributed by atoms with Gasteiger partial charge in [-0.25, -0.2) is 0 Å². The molecule has 3 fully saturated rings. The van der Waals surface area contributed by atoms with Crippen LogP contribution in [-0.2, 0) is 33.2 Å². The first kappa shape index (κ1) is 30.5. The molecule has 9 N–H and O–H groups in total. The molecule has 1 amide bonds. The van der Waals surface area contributed by atoms with Gasteiger partial charge in [0, 0.05) is 14.0 Å². The summed E-state index contributed by atoms with van der Waals surface area (Å²) in [6, 6.07) is -1.38. The van der Waals surface area contributed by atoms with Crippen molar-refractivity contribution in [3.05, 3.63) is 0 Å². The van der Waals surface area contributed by atoms with E-state index in [1.807, 2.05) is 0 Å². The van der Waals surface area contributed by atoms with Crippen molar-refractivity contribution in [1.82, 2.24) is 5.32 Å². The molecular weight excluding hydrogens is 506 g/mol. The van der Waals surface area contributed by atoms with Crippen molar-refractivity contribution in [2.75, 3.05) is 20.3 Å². The molecule has 37 heavy (non-hydrogen) atoms. The molecule has 0 spiro atoms. The number of carbonyl (C=O) groups is 1. The molecule has 0 unspecified atom stereocenters. The quantitative estimate of drug-likeness (QED) is 0.138. The number of rotatable bonds is 8. The van der Waals surface area contributed by atoms with Crippen LogP contribution in [0.2, 0.25) is 0 Å². The molecule has 3 heterocycles. The van der Waals surface area contributed by atoms with Crippen LogP contribution in [0, 0.1) is 0 Å². The highest BCUT2D eigenvalue weighted by Gasteiger charge is 2.54. The van der Waals surface area contributed by atoms with Crippen LogP contribution in [0.5, 0.6) is 0 Å². The summed E-state index contributed by atoms with van der Waals surface area (Å²) in [7, 11) is 1.32. The first-order valence-corrected chi connectivity index (χ1v) is 11.8. The van der Waals surface area contributed by atoms with Crippen LogP contribution in [0.4, 0.5) is 0 Å². The molecule has 16 heteroatoms. The molecular formula is C21H37NO15. The van der Waals surface area contributed by atoms with Crippen LogP contribution in [0.25, 0.3) is 0 Å². The normalized spacial score (nSPS) is 49.0. The van der Waals surface area contributed by atoms with Crippen molar-refractivity contribution < 1.29 is 74.1 Å². The molecule has 16 nitrogen and oxygen atoms in total. The van der Waals surface area contributed by atoms with Gasteiger partial charge in [-0.3, -0.25) is 4.79 Å². The van der Waals surface area contributed by atoms with Gasteiger partial charge in [-0.15, -0.1) is 0 Å². The van der Waals surface area contributed by atoms with Gasteiger partial charge >= 0.3 is 0 Å². The molecule has 216 valence electrons. The Morgan fingerprint density at radius 2 is 1.43 bits per heavy atom. The second-order valence-corrected chi connectivity index (χ2v) is 9.33. The number of nitrogens with one attached hydrogen (secondary N) is 1. The van der Waals surface area contributed by atoms with Gasteiger partial charge in [-0.05, 0) is 6.92 Å². The number of ether oxygens (including phenoxy) is 6. The number of hydrogen-bond acceptors (Lipinski definition) is 15. The minimum atomic E-state index is -1.81. The monoisotopic (exact) mass is 543 g/mol. The summed E-state index contributed by atoms with van der Waals surface area (Å²) in [5.41, 5.74) is 0. The largest absolute Gasteiger partial charge is 0.394 e. The molecule has 0 aromatic carbocycles. The summed E-state index contributed by atoms with van der Waals surface area (Å²) in [5, 5.41) is 84.9. The third-order valence-corrected chi connectivity index (χ3v) is 6.61. The maximum absolute atomic E-state index is 11.8. The summed E-state index contributed by atoms with van der Waals surface area (Å²) in [4.78, 5) is 11.8. The average molecular weight is 544 g/mol. The van der Waals surface area contributed by atoms with E-state index in [-0.39, 0.29) is 6.61 Å². The Hall–Kier alpha value is -1.09. The lowest BCUT2D eigenvalue weighted by molar-refractivity contribution is -0.380. The van der Waals surface area contributed by atoms with Crippen molar-refractivity contribution in [3.8, 4) is 0 Å². The minimum Gasteiger partial charge on any atom is -0.394 e. The highest BCUT2D eigenvalue weighted by atomic mass is 16.8. The van der Waals surface area contributed by atoms with Gasteiger partial charge in [0.05, 0.1) is 19.3 Å². The Morgan fingerprint density at radius 3 is 2.03 bits per heavy atom. The molecule has 0 saturated carbocycles. The Kier molecular flexibility index (Phi) is 10.6. The average Bonchev–Trinajstić information content (AvgIpc) is 2.85. The molecule has 0 aromatic heterocycles. The summed E-state index contributed by atoms with van der Waals surface area (Å²) < 4.78 is 32.9. The van der Waals surface area contributed by atoms with Crippen molar-refractivity contribution in [3.63, 3.8) is 0 Å². The van der Waals surface area contributed by atoms with E-state index in [2.05, 4.69) is 5.32 Å². The van der Waals surface area contributed by atoms with Gasteiger partial charge in [0.1, 0.15) is 67.1 Å². The zero-order valence-corrected chi connectivity index (χ0v) is 20.5. The van der Waals surface area contributed by atoms with E-state index in [4.69, 9.17) is 28.4 Å². The van der Waals surface area contributed by atoms with E-state index in [0.717, 1.165) is 6.92 Å². The smallest absolute Gasteiger partial charge is 0.217 e. The molecule has 0 aliphatic carbocycles. The number of aliphatic hydroxyl groups excluding tert-OH is 8. The van der Waals surface area contributed by atoms with E-state index in [1.54, 1.807) is 0 Å². The lowest BCUT2D eigenvalue weighted by Crippen LogP contribution is -2.68. The Balaban J connectivity index is 1.89. The lowest BCUT2D eigenvalue weighted by Gasteiger charge is -2.48. The fraction of sp³-hybridized carbons (Fsp3) is 0.952. The number of amides is 1. The number of methoxy groups -OCH3 is 1. The van der Waals surface area contributed by atoms with Crippen molar-refractivity contribution in [2.24, 2.45) is 0 Å². The molecule has 0 radical (unpaired) electrons. The van der Waals surface area contributed by atoms with Crippen molar-refractivity contribution >= 4 is 5.91 Å². The summed E-state index contributed by atoms with van der Waals surface area (Å²) in [6.07, 6.45) is -21.3. The number of aliphatic hydroxyl groups is 8. The Labute approximate surface area is 212 Å². The molecule has 0 bridgehead atoms. The standard InChI is InChI=1S/C21H37NO15/c1-6-11(25)15(29)16(30)21(33-6)37-18-17(13(27)9(5-32-3)34-19(18)31)36-20-10(22-7(2)24)14(28)12(26)8(4-23)35-20/h6,8-21,23,25-31H,4-5H2,1-3H3,(H,22,24)/t6-,8+,9+,10+,11+,12-,13-,14+,15+,16-,17-,18+,19+,20+,21-/m0/s1. The second kappa shape index (κ2) is 12.8. The van der Waals surface area contributed by atoms with Crippen LogP contribution >= 0.6 is 0 Å². The first-order valence-electron chi connectivity index (χ1n) is 11.8. The van der Waals surface area contributed by atoms with E-state index in [0.29, 0.717) is 0 Å². The zero-order valence-electron chi connectivity index (χ0n) is 20.5. The first-order chi connectivity index (χ1) is 17.4. The van der Waals surface area contributed by atoms with Gasteiger partial charge in [-0.1, -0.05) is 0 Å². The second-order valence-electron chi connectivity index (χ2n) is 9.33. The van der Waals surface area contributed by atoms with E-state index < -0.39 is 105 Å². The highest BCUT2D eigenvalue weighted by Crippen LogP contribution is 2.32. The van der Waals surface area contributed by atoms with Gasteiger partial charge in [0.2, 0.25) is 5.91 Å².